The molecule has 0 bridgehead atoms. The molecule has 2 aromatic rings. The molecule has 0 aromatic heterocycles. The summed E-state index contributed by atoms with van der Waals surface area (Å²) in [6.07, 6.45) is 0.942. The first-order chi connectivity index (χ1) is 12.5. The summed E-state index contributed by atoms with van der Waals surface area (Å²) in [6.45, 7) is 4.42. The van der Waals surface area contributed by atoms with Gasteiger partial charge in [0, 0.05) is 16.2 Å². The van der Waals surface area contributed by atoms with Gasteiger partial charge in [-0.15, -0.1) is 0 Å². The first-order valence-electron chi connectivity index (χ1n) is 8.72. The van der Waals surface area contributed by atoms with Crippen LogP contribution in [0.2, 0.25) is 0 Å². The van der Waals surface area contributed by atoms with Gasteiger partial charge in [-0.3, -0.25) is 9.53 Å². The van der Waals surface area contributed by atoms with Crippen molar-refractivity contribution in [2.45, 2.75) is 37.7 Å². The molecule has 0 fully saturated rings. The van der Waals surface area contributed by atoms with Crippen molar-refractivity contribution in [3.63, 3.8) is 0 Å². The number of benzene rings is 2. The summed E-state index contributed by atoms with van der Waals surface area (Å²) in [5.74, 6) is 1.38. The van der Waals surface area contributed by atoms with Crippen LogP contribution in [0.25, 0.3) is 0 Å². The highest BCUT2D eigenvalue weighted by Gasteiger charge is 2.22. The Morgan fingerprint density at radius 1 is 1.15 bits per heavy atom. The number of anilines is 1. The van der Waals surface area contributed by atoms with Gasteiger partial charge >= 0.3 is 6.09 Å². The third-order valence-corrected chi connectivity index (χ3v) is 5.72. The number of nitrogens with one attached hydrogen (secondary N) is 1. The Bertz CT molecular complexity index is 804. The lowest BCUT2D eigenvalue weighted by atomic mass is 10.1. The van der Waals surface area contributed by atoms with Gasteiger partial charge in [-0.1, -0.05) is 17.7 Å². The van der Waals surface area contributed by atoms with Crippen molar-refractivity contribution in [2.75, 3.05) is 17.7 Å². The Morgan fingerprint density at radius 2 is 1.92 bits per heavy atom. The molecule has 0 saturated heterocycles. The van der Waals surface area contributed by atoms with Gasteiger partial charge in [0.05, 0.1) is 23.1 Å². The minimum atomic E-state index is -0.962. The van der Waals surface area contributed by atoms with Gasteiger partial charge in [-0.25, -0.2) is 4.79 Å². The fourth-order valence-corrected chi connectivity index (χ4v) is 3.92. The SMILES string of the molecule is Cc1ccc(S(=O)CCCCOc2ccc3c(c2)C(C)OC(=O)N3)cc1. The number of unbranched alkanes of at least 4 members (excludes halogenated alkanes) is 1. The van der Waals surface area contributed by atoms with Crippen LogP contribution in [-0.2, 0) is 15.5 Å². The van der Waals surface area contributed by atoms with Crippen molar-refractivity contribution in [1.82, 2.24) is 0 Å². The normalized spacial score (nSPS) is 17.0. The van der Waals surface area contributed by atoms with E-state index in [1.165, 1.54) is 5.56 Å². The molecule has 5 nitrogen and oxygen atoms in total. The van der Waals surface area contributed by atoms with E-state index in [2.05, 4.69) is 5.32 Å². The largest absolute Gasteiger partial charge is 0.494 e. The lowest BCUT2D eigenvalue weighted by molar-refractivity contribution is 0.116. The van der Waals surface area contributed by atoms with E-state index in [1.54, 1.807) is 0 Å². The lowest BCUT2D eigenvalue weighted by Crippen LogP contribution is -2.23. The van der Waals surface area contributed by atoms with Crippen LogP contribution in [0.3, 0.4) is 0 Å². The first-order valence-corrected chi connectivity index (χ1v) is 10.0. The fraction of sp³-hybridized carbons (Fsp3) is 0.350. The van der Waals surface area contributed by atoms with E-state index in [1.807, 2.05) is 56.3 Å². The molecule has 2 unspecified atom stereocenters. The van der Waals surface area contributed by atoms with E-state index in [4.69, 9.17) is 9.47 Å². The third-order valence-electron chi connectivity index (χ3n) is 4.26. The Labute approximate surface area is 156 Å². The molecule has 3 rings (SSSR count). The molecule has 0 saturated carbocycles. The van der Waals surface area contributed by atoms with E-state index in [-0.39, 0.29) is 6.10 Å². The third kappa shape index (κ3) is 4.64. The number of aryl methyl sites for hydroxylation is 1. The van der Waals surface area contributed by atoms with Crippen molar-refractivity contribution >= 4 is 22.6 Å². The highest BCUT2D eigenvalue weighted by atomic mass is 32.2. The molecule has 138 valence electrons. The highest BCUT2D eigenvalue weighted by molar-refractivity contribution is 7.85. The molecule has 2 atom stereocenters. The minimum Gasteiger partial charge on any atom is -0.494 e. The fourth-order valence-electron chi connectivity index (χ4n) is 2.78. The number of rotatable bonds is 7. The smallest absolute Gasteiger partial charge is 0.412 e. The van der Waals surface area contributed by atoms with Crippen LogP contribution in [0.1, 0.15) is 37.0 Å². The van der Waals surface area contributed by atoms with Crippen molar-refractivity contribution in [3.8, 4) is 5.75 Å². The summed E-state index contributed by atoms with van der Waals surface area (Å²) >= 11 is 0. The number of fused-ring (bicyclic) bond motifs is 1. The van der Waals surface area contributed by atoms with Crippen LogP contribution in [0.4, 0.5) is 10.5 Å². The van der Waals surface area contributed by atoms with Gasteiger partial charge in [0.25, 0.3) is 0 Å². The molecular weight excluding hydrogens is 350 g/mol. The summed E-state index contributed by atoms with van der Waals surface area (Å²) in [7, 11) is -0.962. The molecule has 0 aliphatic carbocycles. The van der Waals surface area contributed by atoms with Crippen molar-refractivity contribution in [1.29, 1.82) is 0 Å². The topological polar surface area (TPSA) is 64.6 Å². The molecule has 2 aromatic carbocycles. The zero-order valence-corrected chi connectivity index (χ0v) is 15.8. The first kappa shape index (κ1) is 18.5. The molecule has 26 heavy (non-hydrogen) atoms. The quantitative estimate of drug-likeness (QED) is 0.721. The maximum Gasteiger partial charge on any atom is 0.412 e. The number of amides is 1. The maximum absolute atomic E-state index is 12.2. The Balaban J connectivity index is 1.44. The predicted molar refractivity (Wildman–Crippen MR) is 102 cm³/mol. The van der Waals surface area contributed by atoms with Crippen LogP contribution in [0.15, 0.2) is 47.4 Å². The number of cyclic esters (lactones) is 1. The molecule has 0 spiro atoms. The summed E-state index contributed by atoms with van der Waals surface area (Å²) in [5, 5.41) is 2.67. The van der Waals surface area contributed by atoms with Crippen molar-refractivity contribution in [2.24, 2.45) is 0 Å². The van der Waals surface area contributed by atoms with Gasteiger partial charge in [0.1, 0.15) is 11.9 Å². The molecule has 6 heteroatoms. The average molecular weight is 373 g/mol. The van der Waals surface area contributed by atoms with Crippen LogP contribution < -0.4 is 10.1 Å². The maximum atomic E-state index is 12.2. The molecular formula is C20H23NO4S. The van der Waals surface area contributed by atoms with Gasteiger partial charge in [0.15, 0.2) is 0 Å². The zero-order valence-electron chi connectivity index (χ0n) is 15.0. The van der Waals surface area contributed by atoms with Crippen LogP contribution in [-0.4, -0.2) is 22.7 Å². The summed E-state index contributed by atoms with van der Waals surface area (Å²) in [6, 6.07) is 13.4. The van der Waals surface area contributed by atoms with Gasteiger partial charge < -0.3 is 9.47 Å². The van der Waals surface area contributed by atoms with Crippen LogP contribution in [0, 0.1) is 6.92 Å². The second-order valence-electron chi connectivity index (χ2n) is 6.34. The van der Waals surface area contributed by atoms with E-state index in [0.717, 1.165) is 34.7 Å². The van der Waals surface area contributed by atoms with Crippen LogP contribution in [0.5, 0.6) is 5.75 Å². The monoisotopic (exact) mass is 373 g/mol. The molecule has 1 N–H and O–H groups in total. The second kappa shape index (κ2) is 8.36. The van der Waals surface area contributed by atoms with Gasteiger partial charge in [0.2, 0.25) is 0 Å². The summed E-state index contributed by atoms with van der Waals surface area (Å²) in [4.78, 5) is 12.2. The Hall–Kier alpha value is -2.34. The van der Waals surface area contributed by atoms with Gasteiger partial charge in [-0.2, -0.15) is 0 Å². The van der Waals surface area contributed by atoms with Crippen molar-refractivity contribution in [3.05, 3.63) is 53.6 Å². The molecule has 1 aliphatic heterocycles. The molecule has 1 aliphatic rings. The van der Waals surface area contributed by atoms with Crippen LogP contribution >= 0.6 is 0 Å². The second-order valence-corrected chi connectivity index (χ2v) is 7.91. The molecule has 0 radical (unpaired) electrons. The molecule has 1 amide bonds. The number of carbonyl (C=O) groups is 1. The lowest BCUT2D eigenvalue weighted by Gasteiger charge is -2.23. The average Bonchev–Trinajstić information content (AvgIpc) is 2.62. The Kier molecular flexibility index (Phi) is 5.93. The summed E-state index contributed by atoms with van der Waals surface area (Å²) in [5.41, 5.74) is 2.83. The number of ether oxygens (including phenoxy) is 2. The predicted octanol–water partition coefficient (Wildman–Crippen LogP) is 4.58. The molecule has 1 heterocycles. The zero-order chi connectivity index (χ0) is 18.5. The van der Waals surface area contributed by atoms with E-state index in [9.17, 15) is 9.00 Å². The highest BCUT2D eigenvalue weighted by Crippen LogP contribution is 2.33. The van der Waals surface area contributed by atoms with E-state index < -0.39 is 16.9 Å². The Morgan fingerprint density at radius 3 is 2.69 bits per heavy atom. The van der Waals surface area contributed by atoms with E-state index in [0.29, 0.717) is 12.4 Å². The number of hydrogen-bond donors (Lipinski definition) is 1. The number of hydrogen-bond acceptors (Lipinski definition) is 4. The standard InChI is InChI=1S/C20H23NO4S/c1-14-5-8-17(9-6-14)26(23)12-4-3-11-24-16-7-10-19-18(13-16)15(2)25-20(22)21-19/h5-10,13,15H,3-4,11-12H2,1-2H3,(H,21,22). The van der Waals surface area contributed by atoms with E-state index >= 15 is 0 Å². The number of carbonyl (C=O) groups excluding carboxylic acids is 1. The van der Waals surface area contributed by atoms with Crippen molar-refractivity contribution < 1.29 is 18.5 Å². The van der Waals surface area contributed by atoms with Gasteiger partial charge in [-0.05, 0) is 57.0 Å². The summed E-state index contributed by atoms with van der Waals surface area (Å²) < 4.78 is 23.2. The minimum absolute atomic E-state index is 0.292.